The maximum Gasteiger partial charge on any atom is 0.343 e. The third-order valence-corrected chi connectivity index (χ3v) is 4.97. The largest absolute Gasteiger partial charge is 0.482 e. The predicted octanol–water partition coefficient (Wildman–Crippen LogP) is 3.05. The Morgan fingerprint density at radius 2 is 1.77 bits per heavy atom. The van der Waals surface area contributed by atoms with Gasteiger partial charge >= 0.3 is 5.97 Å². The molecule has 1 fully saturated rings. The normalized spacial score (nSPS) is 14.6. The molecule has 0 saturated carbocycles. The molecule has 1 aliphatic heterocycles. The molecule has 3 rings (SSSR count). The second-order valence-corrected chi connectivity index (χ2v) is 7.25. The molecule has 2 aromatic carbocycles. The van der Waals surface area contributed by atoms with Crippen LogP contribution in [-0.2, 0) is 19.1 Å². The number of hydrogen-bond donors (Lipinski definition) is 1. The van der Waals surface area contributed by atoms with E-state index in [1.54, 1.807) is 24.3 Å². The number of carbonyl (C=O) groups is 4. The van der Waals surface area contributed by atoms with E-state index in [1.165, 1.54) is 37.5 Å². The summed E-state index contributed by atoms with van der Waals surface area (Å²) in [6.07, 6.45) is 1.52. The Hall–Kier alpha value is -3.66. The van der Waals surface area contributed by atoms with Crippen LogP contribution in [0.15, 0.2) is 53.4 Å². The molecule has 10 heteroatoms. The molecular weight excluding hydrogens is 427 g/mol. The Bertz CT molecular complexity index is 1040. The maximum absolute atomic E-state index is 12.9. The van der Waals surface area contributed by atoms with Crippen LogP contribution >= 0.6 is 11.8 Å². The minimum Gasteiger partial charge on any atom is -0.482 e. The van der Waals surface area contributed by atoms with Gasteiger partial charge in [-0.15, -0.1) is 0 Å². The number of rotatable bonds is 7. The summed E-state index contributed by atoms with van der Waals surface area (Å²) in [7, 11) is 1.26. The second-order valence-electron chi connectivity index (χ2n) is 6.26. The Balaban J connectivity index is 1.61. The van der Waals surface area contributed by atoms with Gasteiger partial charge in [0.15, 0.2) is 6.61 Å². The van der Waals surface area contributed by atoms with Gasteiger partial charge < -0.3 is 14.8 Å². The maximum atomic E-state index is 12.9. The topological polar surface area (TPSA) is 102 Å². The first-order chi connectivity index (χ1) is 14.9. The molecule has 8 nitrogen and oxygen atoms in total. The highest BCUT2D eigenvalue weighted by molar-refractivity contribution is 8.18. The average molecular weight is 444 g/mol. The minimum atomic E-state index is -0.588. The van der Waals surface area contributed by atoms with Gasteiger partial charge in [-0.05, 0) is 59.8 Å². The summed E-state index contributed by atoms with van der Waals surface area (Å²) in [6, 6.07) is 11.6. The molecule has 0 atom stereocenters. The lowest BCUT2D eigenvalue weighted by Gasteiger charge is -2.12. The monoisotopic (exact) mass is 444 g/mol. The van der Waals surface area contributed by atoms with E-state index in [9.17, 15) is 23.6 Å². The van der Waals surface area contributed by atoms with E-state index in [1.807, 2.05) is 0 Å². The molecule has 1 aliphatic rings. The summed E-state index contributed by atoms with van der Waals surface area (Å²) in [5, 5.41) is 1.94. The number of anilines is 1. The van der Waals surface area contributed by atoms with Crippen LogP contribution in [0, 0.1) is 5.82 Å². The first-order valence-corrected chi connectivity index (χ1v) is 9.78. The number of amides is 3. The van der Waals surface area contributed by atoms with Crippen molar-refractivity contribution >= 4 is 46.5 Å². The van der Waals surface area contributed by atoms with Gasteiger partial charge in [0, 0.05) is 5.69 Å². The van der Waals surface area contributed by atoms with Crippen LogP contribution in [0.5, 0.6) is 5.75 Å². The van der Waals surface area contributed by atoms with Crippen molar-refractivity contribution in [1.82, 2.24) is 4.90 Å². The van der Waals surface area contributed by atoms with Gasteiger partial charge in [-0.2, -0.15) is 0 Å². The van der Waals surface area contributed by atoms with E-state index in [2.05, 4.69) is 10.1 Å². The van der Waals surface area contributed by atoms with E-state index in [0.717, 1.165) is 16.7 Å². The van der Waals surface area contributed by atoms with Gasteiger partial charge in [-0.1, -0.05) is 12.1 Å². The lowest BCUT2D eigenvalue weighted by Crippen LogP contribution is -2.36. The van der Waals surface area contributed by atoms with Crippen molar-refractivity contribution in [1.29, 1.82) is 0 Å². The van der Waals surface area contributed by atoms with Gasteiger partial charge in [0.05, 0.1) is 12.0 Å². The highest BCUT2D eigenvalue weighted by atomic mass is 32.2. The Labute approximate surface area is 181 Å². The molecule has 1 saturated heterocycles. The average Bonchev–Trinajstić information content (AvgIpc) is 3.02. The van der Waals surface area contributed by atoms with Crippen molar-refractivity contribution < 1.29 is 33.0 Å². The Morgan fingerprint density at radius 1 is 1.10 bits per heavy atom. The first-order valence-electron chi connectivity index (χ1n) is 8.96. The lowest BCUT2D eigenvalue weighted by molar-refractivity contribution is -0.142. The van der Waals surface area contributed by atoms with Gasteiger partial charge in [0.2, 0.25) is 5.91 Å². The van der Waals surface area contributed by atoms with E-state index < -0.39 is 35.4 Å². The van der Waals surface area contributed by atoms with Crippen LogP contribution < -0.4 is 10.1 Å². The summed E-state index contributed by atoms with van der Waals surface area (Å²) in [5.74, 6) is -1.69. The third kappa shape index (κ3) is 5.92. The number of methoxy groups -OCH3 is 1. The number of nitrogens with one attached hydrogen (secondary N) is 1. The number of hydrogen-bond acceptors (Lipinski definition) is 7. The molecule has 0 radical (unpaired) electrons. The number of esters is 1. The summed E-state index contributed by atoms with van der Waals surface area (Å²) in [4.78, 5) is 49.0. The van der Waals surface area contributed by atoms with Crippen molar-refractivity contribution in [3.05, 3.63) is 64.8 Å². The van der Waals surface area contributed by atoms with Gasteiger partial charge in [0.25, 0.3) is 11.1 Å². The van der Waals surface area contributed by atoms with E-state index in [4.69, 9.17) is 4.74 Å². The van der Waals surface area contributed by atoms with Crippen molar-refractivity contribution in [2.75, 3.05) is 25.6 Å². The van der Waals surface area contributed by atoms with Crippen molar-refractivity contribution in [3.8, 4) is 5.75 Å². The molecule has 0 aromatic heterocycles. The molecule has 1 N–H and O–H groups in total. The number of benzene rings is 2. The van der Waals surface area contributed by atoms with Crippen LogP contribution in [0.25, 0.3) is 6.08 Å². The Kier molecular flexibility index (Phi) is 7.03. The highest BCUT2D eigenvalue weighted by Crippen LogP contribution is 2.32. The predicted molar refractivity (Wildman–Crippen MR) is 112 cm³/mol. The molecule has 0 bridgehead atoms. The first kappa shape index (κ1) is 22.0. The SMILES string of the molecule is COC(=O)COc1ccc(/C=C2\SC(=O)N(CC(=O)Nc3ccc(F)cc3)C2=O)cc1. The molecule has 0 spiro atoms. The number of imide groups is 1. The molecular formula is C21H17FN2O6S. The van der Waals surface area contributed by atoms with Gasteiger partial charge in [-0.25, -0.2) is 9.18 Å². The molecule has 0 aliphatic carbocycles. The number of thioether (sulfide) groups is 1. The number of halogens is 1. The molecule has 160 valence electrons. The second kappa shape index (κ2) is 9.90. The number of carbonyl (C=O) groups excluding carboxylic acids is 4. The van der Waals surface area contributed by atoms with Crippen LogP contribution in [-0.4, -0.2) is 48.2 Å². The lowest BCUT2D eigenvalue weighted by atomic mass is 10.2. The van der Waals surface area contributed by atoms with Gasteiger partial charge in [-0.3, -0.25) is 19.3 Å². The fourth-order valence-corrected chi connectivity index (χ4v) is 3.36. The van der Waals surface area contributed by atoms with Crippen LogP contribution in [0.2, 0.25) is 0 Å². The smallest absolute Gasteiger partial charge is 0.343 e. The zero-order chi connectivity index (χ0) is 22.4. The zero-order valence-corrected chi connectivity index (χ0v) is 17.1. The van der Waals surface area contributed by atoms with Crippen molar-refractivity contribution in [2.24, 2.45) is 0 Å². The quantitative estimate of drug-likeness (QED) is 0.517. The Morgan fingerprint density at radius 3 is 2.42 bits per heavy atom. The highest BCUT2D eigenvalue weighted by Gasteiger charge is 2.36. The molecule has 3 amide bonds. The van der Waals surface area contributed by atoms with E-state index in [-0.39, 0.29) is 11.5 Å². The molecule has 0 unspecified atom stereocenters. The van der Waals surface area contributed by atoms with Gasteiger partial charge in [0.1, 0.15) is 18.1 Å². The summed E-state index contributed by atoms with van der Waals surface area (Å²) in [5.41, 5.74) is 0.982. The minimum absolute atomic E-state index is 0.169. The zero-order valence-electron chi connectivity index (χ0n) is 16.3. The van der Waals surface area contributed by atoms with Crippen molar-refractivity contribution in [3.63, 3.8) is 0 Å². The van der Waals surface area contributed by atoms with E-state index in [0.29, 0.717) is 17.0 Å². The fourth-order valence-electron chi connectivity index (χ4n) is 2.53. The summed E-state index contributed by atoms with van der Waals surface area (Å²) in [6.45, 7) is -0.686. The standard InChI is InChI=1S/C21H17FN2O6S/c1-29-19(26)12-30-16-8-2-13(3-9-16)10-17-20(27)24(21(28)31-17)11-18(25)23-15-6-4-14(22)5-7-15/h2-10H,11-12H2,1H3,(H,23,25)/b17-10-. The van der Waals surface area contributed by atoms with Crippen LogP contribution in [0.3, 0.4) is 0 Å². The number of ether oxygens (including phenoxy) is 2. The van der Waals surface area contributed by atoms with Crippen molar-refractivity contribution in [2.45, 2.75) is 0 Å². The molecule has 2 aromatic rings. The summed E-state index contributed by atoms with van der Waals surface area (Å²) >= 11 is 0.725. The summed E-state index contributed by atoms with van der Waals surface area (Å²) < 4.78 is 22.7. The van der Waals surface area contributed by atoms with E-state index >= 15 is 0 Å². The fraction of sp³-hybridized carbons (Fsp3) is 0.143. The van der Waals surface area contributed by atoms with Crippen LogP contribution in [0.4, 0.5) is 14.9 Å². The molecule has 31 heavy (non-hydrogen) atoms. The molecule has 1 heterocycles. The number of nitrogens with zero attached hydrogens (tertiary/aromatic N) is 1. The van der Waals surface area contributed by atoms with Crippen LogP contribution in [0.1, 0.15) is 5.56 Å². The third-order valence-electron chi connectivity index (χ3n) is 4.07.